The number of rotatable bonds is 7. The van der Waals surface area contributed by atoms with Crippen molar-refractivity contribution in [2.75, 3.05) is 32.5 Å². The van der Waals surface area contributed by atoms with Crippen molar-refractivity contribution >= 4 is 23.2 Å². The number of anilines is 1. The highest BCUT2D eigenvalue weighted by atomic mass is 16.6. The zero-order valence-electron chi connectivity index (χ0n) is 18.1. The lowest BCUT2D eigenvalue weighted by molar-refractivity contribution is -0.385. The molecule has 1 aliphatic rings. The average molecular weight is 425 g/mol. The summed E-state index contributed by atoms with van der Waals surface area (Å²) in [5, 5.41) is 13.9. The number of nitro groups is 1. The molecule has 2 aromatic rings. The van der Waals surface area contributed by atoms with Crippen molar-refractivity contribution in [3.05, 3.63) is 69.3 Å². The van der Waals surface area contributed by atoms with Gasteiger partial charge in [0.05, 0.1) is 4.92 Å². The Hall–Kier alpha value is -3.26. The Balaban J connectivity index is 1.67. The topological polar surface area (TPSA) is 95.8 Å². The van der Waals surface area contributed by atoms with Crippen LogP contribution in [0.4, 0.5) is 11.4 Å². The molecule has 1 aliphatic heterocycles. The number of hydrogen-bond acceptors (Lipinski definition) is 5. The molecule has 8 heteroatoms. The van der Waals surface area contributed by atoms with Crippen LogP contribution in [0.1, 0.15) is 34.3 Å². The van der Waals surface area contributed by atoms with Crippen LogP contribution in [0.3, 0.4) is 0 Å². The van der Waals surface area contributed by atoms with E-state index < -0.39 is 11.0 Å². The zero-order valence-corrected chi connectivity index (χ0v) is 18.1. The molecule has 2 aromatic carbocycles. The van der Waals surface area contributed by atoms with Gasteiger partial charge in [0, 0.05) is 36.0 Å². The number of nitro benzene ring substituents is 1. The van der Waals surface area contributed by atoms with E-state index in [0.29, 0.717) is 29.8 Å². The van der Waals surface area contributed by atoms with Crippen LogP contribution < -0.4 is 5.32 Å². The highest BCUT2D eigenvalue weighted by Gasteiger charge is 2.35. The zero-order chi connectivity index (χ0) is 22.5. The van der Waals surface area contributed by atoms with Crippen LogP contribution in [-0.4, -0.2) is 59.8 Å². The first kappa shape index (κ1) is 22.4. The van der Waals surface area contributed by atoms with Gasteiger partial charge in [0.25, 0.3) is 11.6 Å². The minimum absolute atomic E-state index is 0.0266. The van der Waals surface area contributed by atoms with Crippen LogP contribution in [0, 0.1) is 17.0 Å². The Morgan fingerprint density at radius 2 is 1.90 bits per heavy atom. The Bertz CT molecular complexity index is 972. The molecule has 2 amide bonds. The molecule has 1 atom stereocenters. The van der Waals surface area contributed by atoms with Gasteiger partial charge >= 0.3 is 0 Å². The second-order valence-corrected chi connectivity index (χ2v) is 8.15. The van der Waals surface area contributed by atoms with E-state index in [1.165, 1.54) is 23.8 Å². The van der Waals surface area contributed by atoms with Gasteiger partial charge in [-0.2, -0.15) is 0 Å². The number of likely N-dealkylation sites (N-methyl/N-ethyl adjacent to an activating group) is 1. The summed E-state index contributed by atoms with van der Waals surface area (Å²) < 4.78 is 0. The molecule has 1 unspecified atom stereocenters. The van der Waals surface area contributed by atoms with Crippen molar-refractivity contribution < 1.29 is 14.5 Å². The van der Waals surface area contributed by atoms with E-state index in [0.717, 1.165) is 19.4 Å². The fourth-order valence-corrected chi connectivity index (χ4v) is 3.77. The first-order chi connectivity index (χ1) is 14.8. The molecule has 164 valence electrons. The van der Waals surface area contributed by atoms with E-state index in [-0.39, 0.29) is 17.5 Å². The predicted molar refractivity (Wildman–Crippen MR) is 119 cm³/mol. The molecule has 0 aromatic heterocycles. The van der Waals surface area contributed by atoms with E-state index in [9.17, 15) is 19.7 Å². The highest BCUT2D eigenvalue weighted by Crippen LogP contribution is 2.25. The van der Waals surface area contributed by atoms with Gasteiger partial charge in [-0.05, 0) is 70.1 Å². The van der Waals surface area contributed by atoms with Crippen molar-refractivity contribution in [1.82, 2.24) is 9.80 Å². The maximum Gasteiger partial charge on any atom is 0.272 e. The van der Waals surface area contributed by atoms with Crippen molar-refractivity contribution in [3.63, 3.8) is 0 Å². The number of benzene rings is 2. The van der Waals surface area contributed by atoms with E-state index in [4.69, 9.17) is 0 Å². The summed E-state index contributed by atoms with van der Waals surface area (Å²) in [6, 6.07) is 11.5. The molecule has 1 saturated heterocycles. The third-order valence-corrected chi connectivity index (χ3v) is 5.53. The summed E-state index contributed by atoms with van der Waals surface area (Å²) in [7, 11) is 4.06. The summed E-state index contributed by atoms with van der Waals surface area (Å²) in [5.74, 6) is -0.500. The molecule has 0 radical (unpaired) electrons. The molecular formula is C23H28N4O4. The van der Waals surface area contributed by atoms with Gasteiger partial charge in [-0.3, -0.25) is 19.7 Å². The van der Waals surface area contributed by atoms with Crippen LogP contribution in [-0.2, 0) is 11.2 Å². The fourth-order valence-electron chi connectivity index (χ4n) is 3.77. The van der Waals surface area contributed by atoms with Crippen LogP contribution >= 0.6 is 0 Å². The predicted octanol–water partition coefficient (Wildman–Crippen LogP) is 3.25. The summed E-state index contributed by atoms with van der Waals surface area (Å²) in [6.07, 6.45) is 2.25. The molecule has 0 spiro atoms. The van der Waals surface area contributed by atoms with Crippen molar-refractivity contribution in [1.29, 1.82) is 0 Å². The molecular weight excluding hydrogens is 396 g/mol. The first-order valence-corrected chi connectivity index (χ1v) is 10.4. The summed E-state index contributed by atoms with van der Waals surface area (Å²) in [5.41, 5.74) is 2.64. The fraction of sp³-hybridized carbons (Fsp3) is 0.391. The van der Waals surface area contributed by atoms with Crippen molar-refractivity contribution in [2.45, 2.75) is 32.2 Å². The molecule has 1 N–H and O–H groups in total. The standard InChI is InChI=1S/C23H28N4O4/c1-16-15-18(8-11-20(16)27(30)31)23(29)26-13-4-5-21(26)22(28)24-19-9-6-17(7-10-19)12-14-25(2)3/h6-11,15,21H,4-5,12-14H2,1-3H3,(H,24,28). The molecule has 0 aliphatic carbocycles. The number of nitrogens with zero attached hydrogens (tertiary/aromatic N) is 3. The Morgan fingerprint density at radius 3 is 2.52 bits per heavy atom. The Morgan fingerprint density at radius 1 is 1.19 bits per heavy atom. The van der Waals surface area contributed by atoms with Crippen LogP contribution in [0.25, 0.3) is 0 Å². The van der Waals surface area contributed by atoms with Crippen molar-refractivity contribution in [2.24, 2.45) is 0 Å². The number of carbonyl (C=O) groups excluding carboxylic acids is 2. The van der Waals surface area contributed by atoms with Gasteiger partial charge in [0.15, 0.2) is 0 Å². The van der Waals surface area contributed by atoms with Crippen LogP contribution in [0.2, 0.25) is 0 Å². The van der Waals surface area contributed by atoms with Gasteiger partial charge in [-0.1, -0.05) is 12.1 Å². The van der Waals surface area contributed by atoms with E-state index in [2.05, 4.69) is 10.2 Å². The SMILES string of the molecule is Cc1cc(C(=O)N2CCCC2C(=O)Nc2ccc(CCN(C)C)cc2)ccc1[N+](=O)[O-]. The Labute approximate surface area is 182 Å². The first-order valence-electron chi connectivity index (χ1n) is 10.4. The quantitative estimate of drug-likeness (QED) is 0.544. The lowest BCUT2D eigenvalue weighted by Gasteiger charge is -2.24. The molecule has 31 heavy (non-hydrogen) atoms. The highest BCUT2D eigenvalue weighted by molar-refractivity contribution is 6.01. The van der Waals surface area contributed by atoms with Gasteiger partial charge in [0.1, 0.15) is 6.04 Å². The maximum atomic E-state index is 13.0. The summed E-state index contributed by atoms with van der Waals surface area (Å²) in [6.45, 7) is 3.04. The number of likely N-dealkylation sites (tertiary alicyclic amines) is 1. The number of aryl methyl sites for hydroxylation is 1. The third-order valence-electron chi connectivity index (χ3n) is 5.53. The lowest BCUT2D eigenvalue weighted by Crippen LogP contribution is -2.43. The normalized spacial score (nSPS) is 15.9. The lowest BCUT2D eigenvalue weighted by atomic mass is 10.1. The second kappa shape index (κ2) is 9.70. The molecule has 0 saturated carbocycles. The van der Waals surface area contributed by atoms with E-state index >= 15 is 0 Å². The van der Waals surface area contributed by atoms with Gasteiger partial charge in [0.2, 0.25) is 5.91 Å². The van der Waals surface area contributed by atoms with Crippen LogP contribution in [0.5, 0.6) is 0 Å². The van der Waals surface area contributed by atoms with Gasteiger partial charge in [-0.15, -0.1) is 0 Å². The molecule has 0 bridgehead atoms. The van der Waals surface area contributed by atoms with Crippen LogP contribution in [0.15, 0.2) is 42.5 Å². The van der Waals surface area contributed by atoms with E-state index in [1.54, 1.807) is 11.8 Å². The number of hydrogen-bond donors (Lipinski definition) is 1. The smallest absolute Gasteiger partial charge is 0.272 e. The van der Waals surface area contributed by atoms with E-state index in [1.807, 2.05) is 38.4 Å². The Kier molecular flexibility index (Phi) is 7.02. The minimum atomic E-state index is -0.559. The largest absolute Gasteiger partial charge is 0.327 e. The van der Waals surface area contributed by atoms with Crippen molar-refractivity contribution in [3.8, 4) is 0 Å². The maximum absolute atomic E-state index is 13.0. The third kappa shape index (κ3) is 5.46. The van der Waals surface area contributed by atoms with Gasteiger partial charge in [-0.25, -0.2) is 0 Å². The molecule has 8 nitrogen and oxygen atoms in total. The molecule has 3 rings (SSSR count). The summed E-state index contributed by atoms with van der Waals surface area (Å²) in [4.78, 5) is 40.1. The number of nitrogens with one attached hydrogen (secondary N) is 1. The monoisotopic (exact) mass is 424 g/mol. The number of carbonyl (C=O) groups is 2. The summed E-state index contributed by atoms with van der Waals surface area (Å²) >= 11 is 0. The number of amides is 2. The van der Waals surface area contributed by atoms with Gasteiger partial charge < -0.3 is 15.1 Å². The molecule has 1 fully saturated rings. The average Bonchev–Trinajstić information content (AvgIpc) is 3.22. The second-order valence-electron chi connectivity index (χ2n) is 8.15. The molecule has 1 heterocycles. The minimum Gasteiger partial charge on any atom is -0.327 e.